The Hall–Kier alpha value is -1.20. The number of rotatable bonds is 2. The molecule has 1 N–H and O–H groups in total. The Bertz CT molecular complexity index is 479. The lowest BCUT2D eigenvalue weighted by Gasteiger charge is -2.36. The molecule has 0 amide bonds. The second-order valence-electron chi connectivity index (χ2n) is 5.58. The first-order valence-electron chi connectivity index (χ1n) is 6.87. The van der Waals surface area contributed by atoms with Crippen LogP contribution in [0.15, 0.2) is 0 Å². The largest absolute Gasteiger partial charge is 0.356 e. The van der Waals surface area contributed by atoms with Crippen molar-refractivity contribution in [3.63, 3.8) is 0 Å². The number of hydrogen-bond donors (Lipinski definition) is 1. The van der Waals surface area contributed by atoms with E-state index in [1.165, 1.54) is 23.5 Å². The third-order valence-electron chi connectivity index (χ3n) is 4.33. The van der Waals surface area contributed by atoms with E-state index in [-0.39, 0.29) is 0 Å². The molecule has 2 fully saturated rings. The van der Waals surface area contributed by atoms with Gasteiger partial charge < -0.3 is 10.2 Å². The van der Waals surface area contributed by atoms with Gasteiger partial charge in [-0.1, -0.05) is 0 Å². The Kier molecular flexibility index (Phi) is 2.32. The van der Waals surface area contributed by atoms with Crippen LogP contribution in [0.25, 0.3) is 0 Å². The Morgan fingerprint density at radius 3 is 2.61 bits per heavy atom. The standard InChI is InChI=1S/C13H19N5/c1-9-15-12-8-18(10-5-14-6-10)7-11(12)13(16-9)17-3-2-4-17/h10,14H,2-8H2,1H3. The second-order valence-corrected chi connectivity index (χ2v) is 5.58. The van der Waals surface area contributed by atoms with Gasteiger partial charge in [0.25, 0.3) is 0 Å². The summed E-state index contributed by atoms with van der Waals surface area (Å²) < 4.78 is 0. The van der Waals surface area contributed by atoms with Crippen LogP contribution in [0.3, 0.4) is 0 Å². The van der Waals surface area contributed by atoms with Gasteiger partial charge in [-0.25, -0.2) is 9.97 Å². The maximum Gasteiger partial charge on any atom is 0.137 e. The molecule has 1 aromatic rings. The van der Waals surface area contributed by atoms with E-state index < -0.39 is 0 Å². The van der Waals surface area contributed by atoms with Crippen LogP contribution in [-0.2, 0) is 13.1 Å². The van der Waals surface area contributed by atoms with E-state index in [1.807, 2.05) is 6.92 Å². The highest BCUT2D eigenvalue weighted by Gasteiger charge is 2.34. The summed E-state index contributed by atoms with van der Waals surface area (Å²) in [6, 6.07) is 0.698. The summed E-state index contributed by atoms with van der Waals surface area (Å²) in [7, 11) is 0. The quantitative estimate of drug-likeness (QED) is 0.811. The number of hydrogen-bond acceptors (Lipinski definition) is 5. The van der Waals surface area contributed by atoms with Gasteiger partial charge in [0.1, 0.15) is 11.6 Å². The van der Waals surface area contributed by atoms with E-state index in [2.05, 4.69) is 25.1 Å². The molecule has 0 saturated carbocycles. The Morgan fingerprint density at radius 1 is 1.17 bits per heavy atom. The van der Waals surface area contributed by atoms with Crippen molar-refractivity contribution in [1.82, 2.24) is 20.2 Å². The van der Waals surface area contributed by atoms with Crippen LogP contribution in [-0.4, -0.2) is 47.1 Å². The summed E-state index contributed by atoms with van der Waals surface area (Å²) in [4.78, 5) is 14.3. The normalized spacial score (nSPS) is 23.7. The molecule has 0 unspecified atom stereocenters. The minimum atomic E-state index is 0.698. The molecule has 0 atom stereocenters. The number of nitrogens with one attached hydrogen (secondary N) is 1. The van der Waals surface area contributed by atoms with Crippen LogP contribution >= 0.6 is 0 Å². The van der Waals surface area contributed by atoms with Crippen molar-refractivity contribution in [2.75, 3.05) is 31.1 Å². The minimum absolute atomic E-state index is 0.698. The fraction of sp³-hybridized carbons (Fsp3) is 0.692. The lowest BCUT2D eigenvalue weighted by atomic mass is 10.1. The number of anilines is 1. The molecular weight excluding hydrogens is 226 g/mol. The zero-order chi connectivity index (χ0) is 12.1. The molecule has 3 aliphatic heterocycles. The SMILES string of the molecule is Cc1nc2c(c(N3CCC3)n1)CN(C1CNC1)C2. The van der Waals surface area contributed by atoms with Crippen molar-refractivity contribution in [2.45, 2.75) is 32.5 Å². The van der Waals surface area contributed by atoms with Crippen molar-refractivity contribution >= 4 is 5.82 Å². The first-order chi connectivity index (χ1) is 8.81. The molecule has 1 aromatic heterocycles. The lowest BCUT2D eigenvalue weighted by molar-refractivity contribution is 0.145. The van der Waals surface area contributed by atoms with Gasteiger partial charge in [-0.05, 0) is 13.3 Å². The lowest BCUT2D eigenvalue weighted by Crippen LogP contribution is -2.55. The second kappa shape index (κ2) is 3.90. The number of aryl methyl sites for hydroxylation is 1. The Morgan fingerprint density at radius 2 is 2.00 bits per heavy atom. The van der Waals surface area contributed by atoms with Crippen LogP contribution < -0.4 is 10.2 Å². The fourth-order valence-electron chi connectivity index (χ4n) is 2.96. The molecule has 0 spiro atoms. The van der Waals surface area contributed by atoms with Gasteiger partial charge in [-0.3, -0.25) is 4.90 Å². The van der Waals surface area contributed by atoms with E-state index in [0.717, 1.165) is 45.1 Å². The van der Waals surface area contributed by atoms with Crippen LogP contribution in [0, 0.1) is 6.92 Å². The summed E-state index contributed by atoms with van der Waals surface area (Å²) in [6.45, 7) is 8.62. The van der Waals surface area contributed by atoms with Crippen molar-refractivity contribution in [3.05, 3.63) is 17.1 Å². The van der Waals surface area contributed by atoms with Crippen LogP contribution in [0.4, 0.5) is 5.82 Å². The number of fused-ring (bicyclic) bond motifs is 1. The fourth-order valence-corrected chi connectivity index (χ4v) is 2.96. The molecule has 2 saturated heterocycles. The summed E-state index contributed by atoms with van der Waals surface area (Å²) in [6.07, 6.45) is 1.30. The maximum atomic E-state index is 4.68. The van der Waals surface area contributed by atoms with Gasteiger partial charge in [0.05, 0.1) is 5.69 Å². The van der Waals surface area contributed by atoms with Gasteiger partial charge in [-0.15, -0.1) is 0 Å². The molecule has 3 aliphatic rings. The van der Waals surface area contributed by atoms with E-state index in [0.29, 0.717) is 6.04 Å². The van der Waals surface area contributed by atoms with E-state index in [4.69, 9.17) is 0 Å². The first kappa shape index (κ1) is 10.7. The van der Waals surface area contributed by atoms with Crippen LogP contribution in [0.1, 0.15) is 23.5 Å². The van der Waals surface area contributed by atoms with Gasteiger partial charge >= 0.3 is 0 Å². The highest BCUT2D eigenvalue weighted by Crippen LogP contribution is 2.32. The monoisotopic (exact) mass is 245 g/mol. The van der Waals surface area contributed by atoms with Gasteiger partial charge in [0.15, 0.2) is 0 Å². The highest BCUT2D eigenvalue weighted by atomic mass is 15.3. The molecule has 5 nitrogen and oxygen atoms in total. The molecule has 18 heavy (non-hydrogen) atoms. The molecule has 4 rings (SSSR count). The van der Waals surface area contributed by atoms with Crippen LogP contribution in [0.5, 0.6) is 0 Å². The zero-order valence-electron chi connectivity index (χ0n) is 10.8. The summed E-state index contributed by atoms with van der Waals surface area (Å²) in [5, 5.41) is 3.35. The summed E-state index contributed by atoms with van der Waals surface area (Å²) in [5.41, 5.74) is 2.64. The summed E-state index contributed by atoms with van der Waals surface area (Å²) >= 11 is 0. The predicted molar refractivity (Wildman–Crippen MR) is 69.5 cm³/mol. The average molecular weight is 245 g/mol. The number of aromatic nitrogens is 2. The zero-order valence-corrected chi connectivity index (χ0v) is 10.8. The molecule has 4 heterocycles. The third kappa shape index (κ3) is 1.54. The van der Waals surface area contributed by atoms with Gasteiger partial charge in [0.2, 0.25) is 0 Å². The van der Waals surface area contributed by atoms with Gasteiger partial charge in [-0.2, -0.15) is 0 Å². The Labute approximate surface area is 107 Å². The van der Waals surface area contributed by atoms with Crippen molar-refractivity contribution < 1.29 is 0 Å². The maximum absolute atomic E-state index is 4.68. The molecule has 0 bridgehead atoms. The highest BCUT2D eigenvalue weighted by molar-refractivity contribution is 5.52. The Balaban J connectivity index is 1.66. The van der Waals surface area contributed by atoms with E-state index >= 15 is 0 Å². The molecule has 0 aliphatic carbocycles. The summed E-state index contributed by atoms with van der Waals surface area (Å²) in [5.74, 6) is 2.13. The van der Waals surface area contributed by atoms with E-state index in [9.17, 15) is 0 Å². The van der Waals surface area contributed by atoms with Crippen LogP contribution in [0.2, 0.25) is 0 Å². The van der Waals surface area contributed by atoms with Gasteiger partial charge in [0, 0.05) is 50.9 Å². The molecular formula is C13H19N5. The third-order valence-corrected chi connectivity index (χ3v) is 4.33. The van der Waals surface area contributed by atoms with Crippen molar-refractivity contribution in [2.24, 2.45) is 0 Å². The smallest absolute Gasteiger partial charge is 0.137 e. The van der Waals surface area contributed by atoms with Crippen molar-refractivity contribution in [3.8, 4) is 0 Å². The first-order valence-corrected chi connectivity index (χ1v) is 6.87. The predicted octanol–water partition coefficient (Wildman–Crippen LogP) is 0.283. The van der Waals surface area contributed by atoms with Crippen molar-refractivity contribution in [1.29, 1.82) is 0 Å². The average Bonchev–Trinajstić information content (AvgIpc) is 2.55. The minimum Gasteiger partial charge on any atom is -0.356 e. The molecule has 0 aromatic carbocycles. The van der Waals surface area contributed by atoms with E-state index in [1.54, 1.807) is 0 Å². The number of nitrogens with zero attached hydrogens (tertiary/aromatic N) is 4. The topological polar surface area (TPSA) is 44.3 Å². The molecule has 5 heteroatoms. The molecule has 96 valence electrons. The molecule has 0 radical (unpaired) electrons.